The van der Waals surface area contributed by atoms with E-state index in [1.54, 1.807) is 0 Å². The summed E-state index contributed by atoms with van der Waals surface area (Å²) in [6.45, 7) is 5.91. The number of hydrogen-bond acceptors (Lipinski definition) is 2. The molecule has 2 atom stereocenters. The van der Waals surface area contributed by atoms with Crippen molar-refractivity contribution in [2.24, 2.45) is 4.99 Å². The molecule has 2 heterocycles. The number of aliphatic imine (C=N–C) groups is 1. The van der Waals surface area contributed by atoms with Gasteiger partial charge in [-0.25, -0.2) is 4.79 Å². The maximum Gasteiger partial charge on any atom is 0.319 e. The van der Waals surface area contributed by atoms with E-state index < -0.39 is 0 Å². The molecule has 0 saturated carbocycles. The van der Waals surface area contributed by atoms with E-state index in [1.807, 2.05) is 20.8 Å². The highest BCUT2D eigenvalue weighted by atomic mass is 16.2. The Morgan fingerprint density at radius 1 is 1.38 bits per heavy atom. The van der Waals surface area contributed by atoms with E-state index in [9.17, 15) is 4.79 Å². The second kappa shape index (κ2) is 2.58. The smallest absolute Gasteiger partial charge is 0.319 e. The van der Waals surface area contributed by atoms with E-state index in [0.29, 0.717) is 0 Å². The first-order valence-electron chi connectivity index (χ1n) is 4.42. The van der Waals surface area contributed by atoms with Crippen molar-refractivity contribution in [1.82, 2.24) is 10.6 Å². The number of hydrogen-bond donors (Lipinski definition) is 2. The normalized spacial score (nSPS) is 32.2. The van der Waals surface area contributed by atoms with Gasteiger partial charge in [0.15, 0.2) is 0 Å². The molecule has 0 radical (unpaired) electrons. The molecular formula is C9H13N3O. The van der Waals surface area contributed by atoms with Crippen molar-refractivity contribution in [3.8, 4) is 0 Å². The molecule has 0 aromatic heterocycles. The molecule has 2 unspecified atom stereocenters. The molecule has 0 spiro atoms. The van der Waals surface area contributed by atoms with Gasteiger partial charge in [-0.1, -0.05) is 0 Å². The van der Waals surface area contributed by atoms with Gasteiger partial charge in [-0.2, -0.15) is 0 Å². The predicted molar refractivity (Wildman–Crippen MR) is 50.7 cm³/mol. The van der Waals surface area contributed by atoms with E-state index in [4.69, 9.17) is 0 Å². The lowest BCUT2D eigenvalue weighted by Crippen LogP contribution is -2.50. The Morgan fingerprint density at radius 3 is 2.77 bits per heavy atom. The Hall–Kier alpha value is -1.32. The van der Waals surface area contributed by atoms with Gasteiger partial charge in [0.25, 0.3) is 0 Å². The van der Waals surface area contributed by atoms with Crippen LogP contribution in [0.15, 0.2) is 16.3 Å². The molecule has 0 aliphatic carbocycles. The molecule has 2 aliphatic heterocycles. The maximum atomic E-state index is 11.2. The molecular weight excluding hydrogens is 166 g/mol. The number of carbonyl (C=O) groups excluding carboxylic acids is 1. The van der Waals surface area contributed by atoms with Gasteiger partial charge in [0, 0.05) is 17.0 Å². The fourth-order valence-electron chi connectivity index (χ4n) is 2.03. The number of allylic oxidation sites excluding steroid dienone is 1. The fourth-order valence-corrected chi connectivity index (χ4v) is 2.03. The van der Waals surface area contributed by atoms with Crippen molar-refractivity contribution >= 4 is 11.7 Å². The number of rotatable bonds is 0. The fraction of sp³-hybridized carbons (Fsp3) is 0.556. The van der Waals surface area contributed by atoms with Crippen LogP contribution in [0, 0.1) is 0 Å². The Bertz CT molecular complexity index is 330. The first-order valence-corrected chi connectivity index (χ1v) is 4.42. The van der Waals surface area contributed by atoms with Gasteiger partial charge in [-0.15, -0.1) is 0 Å². The van der Waals surface area contributed by atoms with Gasteiger partial charge < -0.3 is 10.6 Å². The van der Waals surface area contributed by atoms with Crippen LogP contribution in [0.25, 0.3) is 0 Å². The molecule has 0 bridgehead atoms. The average Bonchev–Trinajstić information content (AvgIpc) is 2.27. The summed E-state index contributed by atoms with van der Waals surface area (Å²) in [7, 11) is 0. The van der Waals surface area contributed by atoms with Crippen LogP contribution >= 0.6 is 0 Å². The lowest BCUT2D eigenvalue weighted by molar-refractivity contribution is 0.238. The van der Waals surface area contributed by atoms with E-state index in [0.717, 1.165) is 17.0 Å². The molecule has 0 aromatic carbocycles. The van der Waals surface area contributed by atoms with Crippen molar-refractivity contribution in [2.75, 3.05) is 0 Å². The van der Waals surface area contributed by atoms with Crippen LogP contribution in [0.1, 0.15) is 20.8 Å². The number of amides is 2. The van der Waals surface area contributed by atoms with Gasteiger partial charge in [-0.3, -0.25) is 4.99 Å². The first-order chi connectivity index (χ1) is 6.09. The van der Waals surface area contributed by atoms with Gasteiger partial charge in [0.1, 0.15) is 0 Å². The van der Waals surface area contributed by atoms with Gasteiger partial charge in [0.05, 0.1) is 12.1 Å². The standard InChI is InChI=1S/C9H13N3O/c1-4-7-5(2)11-9(13)12-8(7)6(3)10-4/h6,8H,1-3H3,(H2,11,12,13). The first kappa shape index (κ1) is 8.29. The summed E-state index contributed by atoms with van der Waals surface area (Å²) >= 11 is 0. The van der Waals surface area contributed by atoms with Crippen molar-refractivity contribution in [1.29, 1.82) is 0 Å². The zero-order valence-corrected chi connectivity index (χ0v) is 8.01. The van der Waals surface area contributed by atoms with Crippen LogP contribution in [0.4, 0.5) is 4.79 Å². The minimum Gasteiger partial charge on any atom is -0.329 e. The summed E-state index contributed by atoms with van der Waals surface area (Å²) in [6, 6.07) is 0.118. The highest BCUT2D eigenvalue weighted by Crippen LogP contribution is 2.24. The second-order valence-corrected chi connectivity index (χ2v) is 3.57. The Morgan fingerprint density at radius 2 is 2.08 bits per heavy atom. The number of fused-ring (bicyclic) bond motifs is 1. The third-order valence-electron chi connectivity index (χ3n) is 2.57. The molecule has 70 valence electrons. The molecule has 4 nitrogen and oxygen atoms in total. The molecule has 2 amide bonds. The van der Waals surface area contributed by atoms with Crippen molar-refractivity contribution in [3.05, 3.63) is 11.3 Å². The van der Waals surface area contributed by atoms with E-state index in [2.05, 4.69) is 15.6 Å². The largest absolute Gasteiger partial charge is 0.329 e. The van der Waals surface area contributed by atoms with Gasteiger partial charge >= 0.3 is 6.03 Å². The van der Waals surface area contributed by atoms with Crippen molar-refractivity contribution < 1.29 is 4.79 Å². The van der Waals surface area contributed by atoms with Crippen LogP contribution in [0.3, 0.4) is 0 Å². The quantitative estimate of drug-likeness (QED) is 0.568. The molecule has 4 heteroatoms. The summed E-state index contributed by atoms with van der Waals surface area (Å²) in [5.74, 6) is 0. The highest BCUT2D eigenvalue weighted by Gasteiger charge is 2.35. The molecule has 0 aromatic rings. The molecule has 2 N–H and O–H groups in total. The Kier molecular flexibility index (Phi) is 1.65. The molecule has 13 heavy (non-hydrogen) atoms. The van der Waals surface area contributed by atoms with E-state index in [1.165, 1.54) is 0 Å². The van der Waals surface area contributed by atoms with E-state index in [-0.39, 0.29) is 18.1 Å². The summed E-state index contributed by atoms with van der Waals surface area (Å²) < 4.78 is 0. The zero-order chi connectivity index (χ0) is 9.59. The van der Waals surface area contributed by atoms with Crippen LogP contribution in [0.2, 0.25) is 0 Å². The SMILES string of the molecule is CC1=NC(C)C2NC(=O)NC(C)=C12. The predicted octanol–water partition coefficient (Wildman–Crippen LogP) is 0.805. The minimum absolute atomic E-state index is 0.0775. The summed E-state index contributed by atoms with van der Waals surface area (Å²) in [5.41, 5.74) is 3.11. The van der Waals surface area contributed by atoms with Crippen molar-refractivity contribution in [2.45, 2.75) is 32.9 Å². The van der Waals surface area contributed by atoms with E-state index >= 15 is 0 Å². The van der Waals surface area contributed by atoms with Crippen molar-refractivity contribution in [3.63, 3.8) is 0 Å². The van der Waals surface area contributed by atoms with Gasteiger partial charge in [0.2, 0.25) is 0 Å². The maximum absolute atomic E-state index is 11.2. The third-order valence-corrected chi connectivity index (χ3v) is 2.57. The lowest BCUT2D eigenvalue weighted by Gasteiger charge is -2.25. The average molecular weight is 179 g/mol. The third kappa shape index (κ3) is 1.13. The number of nitrogens with one attached hydrogen (secondary N) is 2. The minimum atomic E-state index is -0.122. The van der Waals surface area contributed by atoms with Crippen LogP contribution in [0.5, 0.6) is 0 Å². The summed E-state index contributed by atoms with van der Waals surface area (Å²) in [6.07, 6.45) is 0. The van der Waals surface area contributed by atoms with Crippen LogP contribution < -0.4 is 10.6 Å². The number of nitrogens with zero attached hydrogens (tertiary/aromatic N) is 1. The van der Waals surface area contributed by atoms with Gasteiger partial charge in [-0.05, 0) is 20.8 Å². The Balaban J connectivity index is 2.43. The second-order valence-electron chi connectivity index (χ2n) is 3.57. The number of urea groups is 1. The topological polar surface area (TPSA) is 53.5 Å². The van der Waals surface area contributed by atoms with Crippen LogP contribution in [-0.4, -0.2) is 23.8 Å². The molecule has 0 saturated heterocycles. The zero-order valence-electron chi connectivity index (χ0n) is 8.01. The number of carbonyl (C=O) groups is 1. The lowest BCUT2D eigenvalue weighted by atomic mass is 9.98. The monoisotopic (exact) mass is 179 g/mol. The van der Waals surface area contributed by atoms with Crippen LogP contribution in [-0.2, 0) is 0 Å². The molecule has 2 aliphatic rings. The Labute approximate surface area is 77.1 Å². The molecule has 2 rings (SSSR count). The highest BCUT2D eigenvalue weighted by molar-refractivity contribution is 6.04. The molecule has 0 fully saturated rings. The summed E-state index contributed by atoms with van der Waals surface area (Å²) in [5, 5.41) is 5.62. The summed E-state index contributed by atoms with van der Waals surface area (Å²) in [4.78, 5) is 15.6.